The summed E-state index contributed by atoms with van der Waals surface area (Å²) in [6.07, 6.45) is -4.34. The fraction of sp³-hybridized carbons (Fsp3) is 0.579. The number of aliphatic imine (C=N–C) groups is 1. The fourth-order valence-electron chi connectivity index (χ4n) is 2.24. The van der Waals surface area contributed by atoms with Crippen LogP contribution in [0.25, 0.3) is 0 Å². The van der Waals surface area contributed by atoms with Crippen LogP contribution in [-0.4, -0.2) is 43.3 Å². The Morgan fingerprint density at radius 1 is 1.14 bits per heavy atom. The molecule has 1 aromatic rings. The standard InChI is InChI=1S/C19H29F3N4O2/c1-5-23-17(25-11-16(27)26-18(2,3)4)24-10-14-7-6-8-15(9-14)12-28-13-19(20,21)22/h6-9H,5,10-13H2,1-4H3,(H,26,27)(H2,23,24,25). The maximum absolute atomic E-state index is 12.2. The van der Waals surface area contributed by atoms with Crippen molar-refractivity contribution in [2.75, 3.05) is 19.7 Å². The quantitative estimate of drug-likeness (QED) is 0.462. The number of nitrogens with one attached hydrogen (secondary N) is 3. The van der Waals surface area contributed by atoms with Gasteiger partial charge in [0.1, 0.15) is 6.61 Å². The number of hydrogen-bond donors (Lipinski definition) is 3. The second-order valence-corrected chi connectivity index (χ2v) is 7.27. The zero-order valence-electron chi connectivity index (χ0n) is 16.7. The van der Waals surface area contributed by atoms with Crippen molar-refractivity contribution in [1.29, 1.82) is 0 Å². The van der Waals surface area contributed by atoms with Gasteiger partial charge in [0, 0.05) is 12.1 Å². The maximum Gasteiger partial charge on any atom is 0.411 e. The summed E-state index contributed by atoms with van der Waals surface area (Å²) in [7, 11) is 0. The fourth-order valence-corrected chi connectivity index (χ4v) is 2.24. The Labute approximate surface area is 163 Å². The lowest BCUT2D eigenvalue weighted by Gasteiger charge is -2.21. The SMILES string of the molecule is CCNC(=NCc1cccc(COCC(F)(F)F)c1)NCC(=O)NC(C)(C)C. The predicted octanol–water partition coefficient (Wildman–Crippen LogP) is 2.74. The van der Waals surface area contributed by atoms with E-state index in [1.54, 1.807) is 18.2 Å². The molecule has 0 aliphatic rings. The van der Waals surface area contributed by atoms with Crippen molar-refractivity contribution in [3.05, 3.63) is 35.4 Å². The van der Waals surface area contributed by atoms with Crippen LogP contribution in [0.15, 0.2) is 29.3 Å². The van der Waals surface area contributed by atoms with E-state index in [1.807, 2.05) is 33.8 Å². The topological polar surface area (TPSA) is 74.8 Å². The van der Waals surface area contributed by atoms with Crippen molar-refractivity contribution in [1.82, 2.24) is 16.0 Å². The average Bonchev–Trinajstić information content (AvgIpc) is 2.55. The van der Waals surface area contributed by atoms with Gasteiger partial charge in [0.2, 0.25) is 5.91 Å². The number of carbonyl (C=O) groups excluding carboxylic acids is 1. The molecule has 0 unspecified atom stereocenters. The molecule has 1 aromatic carbocycles. The van der Waals surface area contributed by atoms with Crippen molar-refractivity contribution < 1.29 is 22.7 Å². The minimum atomic E-state index is -4.34. The predicted molar refractivity (Wildman–Crippen MR) is 103 cm³/mol. The number of nitrogens with zero attached hydrogens (tertiary/aromatic N) is 1. The largest absolute Gasteiger partial charge is 0.411 e. The van der Waals surface area contributed by atoms with Gasteiger partial charge in [0.05, 0.1) is 19.7 Å². The highest BCUT2D eigenvalue weighted by Gasteiger charge is 2.27. The molecule has 1 rings (SSSR count). The van der Waals surface area contributed by atoms with Gasteiger partial charge in [-0.2, -0.15) is 13.2 Å². The Balaban J connectivity index is 2.61. The van der Waals surface area contributed by atoms with Gasteiger partial charge in [-0.15, -0.1) is 0 Å². The van der Waals surface area contributed by atoms with Gasteiger partial charge in [-0.25, -0.2) is 4.99 Å². The van der Waals surface area contributed by atoms with E-state index in [0.29, 0.717) is 24.6 Å². The molecule has 0 saturated carbocycles. The van der Waals surface area contributed by atoms with Crippen molar-refractivity contribution in [3.8, 4) is 0 Å². The molecule has 6 nitrogen and oxygen atoms in total. The lowest BCUT2D eigenvalue weighted by molar-refractivity contribution is -0.176. The molecule has 0 fully saturated rings. The minimum Gasteiger partial charge on any atom is -0.367 e. The van der Waals surface area contributed by atoms with Crippen molar-refractivity contribution in [2.45, 2.75) is 52.6 Å². The average molecular weight is 402 g/mol. The third kappa shape index (κ3) is 11.4. The first-order chi connectivity index (χ1) is 13.0. The van der Waals surface area contributed by atoms with E-state index in [2.05, 4.69) is 25.7 Å². The second-order valence-electron chi connectivity index (χ2n) is 7.27. The van der Waals surface area contributed by atoms with E-state index in [4.69, 9.17) is 0 Å². The zero-order chi connectivity index (χ0) is 21.2. The van der Waals surface area contributed by atoms with Gasteiger partial charge in [-0.1, -0.05) is 24.3 Å². The maximum atomic E-state index is 12.2. The molecule has 9 heteroatoms. The first kappa shape index (κ1) is 23.7. The molecule has 1 amide bonds. The third-order valence-electron chi connectivity index (χ3n) is 3.22. The normalized spacial score (nSPS) is 12.6. The third-order valence-corrected chi connectivity index (χ3v) is 3.22. The molecule has 0 saturated heterocycles. The minimum absolute atomic E-state index is 0.0778. The molecule has 3 N–H and O–H groups in total. The summed E-state index contributed by atoms with van der Waals surface area (Å²) >= 11 is 0. The van der Waals surface area contributed by atoms with E-state index in [-0.39, 0.29) is 24.6 Å². The summed E-state index contributed by atoms with van der Waals surface area (Å²) < 4.78 is 41.1. The lowest BCUT2D eigenvalue weighted by atomic mass is 10.1. The number of carbonyl (C=O) groups is 1. The van der Waals surface area contributed by atoms with E-state index in [0.717, 1.165) is 5.56 Å². The van der Waals surface area contributed by atoms with Crippen LogP contribution < -0.4 is 16.0 Å². The molecule has 0 radical (unpaired) electrons. The molecule has 0 spiro atoms. The van der Waals surface area contributed by atoms with E-state index in [1.165, 1.54) is 0 Å². The number of rotatable bonds is 8. The molecule has 28 heavy (non-hydrogen) atoms. The summed E-state index contributed by atoms with van der Waals surface area (Å²) in [5.74, 6) is 0.326. The molecule has 0 atom stereocenters. The first-order valence-corrected chi connectivity index (χ1v) is 9.04. The van der Waals surface area contributed by atoms with E-state index in [9.17, 15) is 18.0 Å². The van der Waals surface area contributed by atoms with Crippen LogP contribution in [0, 0.1) is 0 Å². The Bertz CT molecular complexity index is 655. The molecule has 0 aliphatic carbocycles. The Morgan fingerprint density at radius 2 is 1.82 bits per heavy atom. The van der Waals surface area contributed by atoms with Crippen molar-refractivity contribution in [2.24, 2.45) is 4.99 Å². The summed E-state index contributed by atoms with van der Waals surface area (Å²) in [6.45, 7) is 7.21. The number of amides is 1. The van der Waals surface area contributed by atoms with Crippen LogP contribution in [0.3, 0.4) is 0 Å². The molecule has 0 aromatic heterocycles. The smallest absolute Gasteiger partial charge is 0.367 e. The van der Waals surface area contributed by atoms with Crippen molar-refractivity contribution >= 4 is 11.9 Å². The molecular formula is C19H29F3N4O2. The van der Waals surface area contributed by atoms with Crippen LogP contribution in [0.2, 0.25) is 0 Å². The van der Waals surface area contributed by atoms with Crippen LogP contribution >= 0.6 is 0 Å². The number of hydrogen-bond acceptors (Lipinski definition) is 3. The van der Waals surface area contributed by atoms with Gasteiger partial charge in [0.25, 0.3) is 0 Å². The van der Waals surface area contributed by atoms with Crippen LogP contribution in [0.5, 0.6) is 0 Å². The van der Waals surface area contributed by atoms with E-state index >= 15 is 0 Å². The van der Waals surface area contributed by atoms with Crippen molar-refractivity contribution in [3.63, 3.8) is 0 Å². The Morgan fingerprint density at radius 3 is 2.43 bits per heavy atom. The molecule has 158 valence electrons. The van der Waals surface area contributed by atoms with Gasteiger partial charge in [-0.05, 0) is 38.8 Å². The number of benzene rings is 1. The molecule has 0 aliphatic heterocycles. The van der Waals surface area contributed by atoms with E-state index < -0.39 is 12.8 Å². The van der Waals surface area contributed by atoms with Gasteiger partial charge >= 0.3 is 6.18 Å². The number of halogens is 3. The van der Waals surface area contributed by atoms with Crippen LogP contribution in [-0.2, 0) is 22.7 Å². The van der Waals surface area contributed by atoms with Crippen LogP contribution in [0.1, 0.15) is 38.8 Å². The molecule has 0 heterocycles. The van der Waals surface area contributed by atoms with Crippen LogP contribution in [0.4, 0.5) is 13.2 Å². The summed E-state index contributed by atoms with van der Waals surface area (Å²) in [6, 6.07) is 7.01. The Kier molecular flexibility index (Phi) is 9.24. The van der Waals surface area contributed by atoms with Gasteiger partial charge in [0.15, 0.2) is 5.96 Å². The number of alkyl halides is 3. The highest BCUT2D eigenvalue weighted by Crippen LogP contribution is 2.16. The number of ether oxygens (including phenoxy) is 1. The highest BCUT2D eigenvalue weighted by atomic mass is 19.4. The number of guanidine groups is 1. The molecule has 0 bridgehead atoms. The summed E-state index contributed by atoms with van der Waals surface area (Å²) in [5.41, 5.74) is 1.15. The first-order valence-electron chi connectivity index (χ1n) is 9.04. The summed E-state index contributed by atoms with van der Waals surface area (Å²) in [4.78, 5) is 16.3. The monoisotopic (exact) mass is 402 g/mol. The molecular weight excluding hydrogens is 373 g/mol. The lowest BCUT2D eigenvalue weighted by Crippen LogP contribution is -2.48. The van der Waals surface area contributed by atoms with Gasteiger partial charge in [-0.3, -0.25) is 4.79 Å². The second kappa shape index (κ2) is 10.9. The van der Waals surface area contributed by atoms with Gasteiger partial charge < -0.3 is 20.7 Å². The Hall–Kier alpha value is -2.29. The highest BCUT2D eigenvalue weighted by molar-refractivity contribution is 5.86. The summed E-state index contributed by atoms with van der Waals surface area (Å²) in [5, 5.41) is 8.85. The zero-order valence-corrected chi connectivity index (χ0v) is 16.7.